The van der Waals surface area contributed by atoms with Crippen molar-refractivity contribution in [2.75, 3.05) is 0 Å². The summed E-state index contributed by atoms with van der Waals surface area (Å²) in [5, 5.41) is 1.69. The van der Waals surface area contributed by atoms with Gasteiger partial charge in [-0.25, -0.2) is 4.79 Å². The standard InChI is InChI=1S/C17H14F3NO3/c18-17(19,20)16(23)21-14(11-12-7-3-1-4-8-12)15(22)24-13-9-5-2-6-10-13/h1-10,14H,11H2,(H,21,23)/t14-/m0/s1. The van der Waals surface area contributed by atoms with E-state index < -0.39 is 24.1 Å². The normalized spacial score (nSPS) is 12.3. The van der Waals surface area contributed by atoms with Crippen molar-refractivity contribution < 1.29 is 27.5 Å². The van der Waals surface area contributed by atoms with Crippen LogP contribution in [-0.4, -0.2) is 24.1 Å². The third-order valence-corrected chi connectivity index (χ3v) is 3.09. The Hall–Kier alpha value is -2.83. The van der Waals surface area contributed by atoms with E-state index in [9.17, 15) is 22.8 Å². The van der Waals surface area contributed by atoms with E-state index in [4.69, 9.17) is 4.74 Å². The SMILES string of the molecule is O=C(Oc1ccccc1)[C@H](Cc1ccccc1)NC(=O)C(F)(F)F. The molecular weight excluding hydrogens is 323 g/mol. The van der Waals surface area contributed by atoms with Crippen molar-refractivity contribution in [1.82, 2.24) is 5.32 Å². The fraction of sp³-hybridized carbons (Fsp3) is 0.176. The lowest BCUT2D eigenvalue weighted by Gasteiger charge is -2.18. The molecule has 0 heterocycles. The molecule has 7 heteroatoms. The van der Waals surface area contributed by atoms with Gasteiger partial charge in [0.2, 0.25) is 0 Å². The highest BCUT2D eigenvalue weighted by Crippen LogP contribution is 2.16. The Morgan fingerprint density at radius 3 is 2.04 bits per heavy atom. The summed E-state index contributed by atoms with van der Waals surface area (Å²) in [5.74, 6) is -2.97. The summed E-state index contributed by atoms with van der Waals surface area (Å²) in [5.41, 5.74) is 0.593. The van der Waals surface area contributed by atoms with Crippen molar-refractivity contribution in [2.45, 2.75) is 18.6 Å². The highest BCUT2D eigenvalue weighted by Gasteiger charge is 2.41. The molecule has 1 amide bonds. The van der Waals surface area contributed by atoms with E-state index in [2.05, 4.69) is 0 Å². The van der Waals surface area contributed by atoms with Crippen LogP contribution in [0.15, 0.2) is 60.7 Å². The highest BCUT2D eigenvalue weighted by atomic mass is 19.4. The molecule has 0 fully saturated rings. The maximum absolute atomic E-state index is 12.5. The smallest absolute Gasteiger partial charge is 0.425 e. The molecule has 0 saturated heterocycles. The summed E-state index contributed by atoms with van der Waals surface area (Å²) >= 11 is 0. The molecule has 0 spiro atoms. The van der Waals surface area contributed by atoms with Crippen LogP contribution in [0.4, 0.5) is 13.2 Å². The Labute approximate surface area is 136 Å². The Kier molecular flexibility index (Phi) is 5.57. The second kappa shape index (κ2) is 7.63. The van der Waals surface area contributed by atoms with Gasteiger partial charge in [-0.05, 0) is 17.7 Å². The van der Waals surface area contributed by atoms with Gasteiger partial charge >= 0.3 is 18.1 Å². The number of ether oxygens (including phenoxy) is 1. The molecule has 0 radical (unpaired) electrons. The minimum Gasteiger partial charge on any atom is -0.425 e. The summed E-state index contributed by atoms with van der Waals surface area (Å²) < 4.78 is 42.5. The van der Waals surface area contributed by atoms with Crippen molar-refractivity contribution in [3.63, 3.8) is 0 Å². The number of para-hydroxylation sites is 1. The van der Waals surface area contributed by atoms with Gasteiger partial charge in [-0.15, -0.1) is 0 Å². The number of carbonyl (C=O) groups is 2. The number of carbonyl (C=O) groups excluding carboxylic acids is 2. The van der Waals surface area contributed by atoms with E-state index in [1.807, 2.05) is 0 Å². The predicted octanol–water partition coefficient (Wildman–Crippen LogP) is 2.88. The number of esters is 1. The predicted molar refractivity (Wildman–Crippen MR) is 80.2 cm³/mol. The minimum absolute atomic E-state index is 0.117. The van der Waals surface area contributed by atoms with Crippen molar-refractivity contribution >= 4 is 11.9 Å². The van der Waals surface area contributed by atoms with E-state index in [-0.39, 0.29) is 12.2 Å². The van der Waals surface area contributed by atoms with Gasteiger partial charge in [0.15, 0.2) is 0 Å². The molecule has 0 aromatic heterocycles. The monoisotopic (exact) mass is 337 g/mol. The molecule has 0 aliphatic carbocycles. The summed E-state index contributed by atoms with van der Waals surface area (Å²) in [6.45, 7) is 0. The second-order valence-corrected chi connectivity index (χ2v) is 4.95. The van der Waals surface area contributed by atoms with Gasteiger partial charge in [-0.1, -0.05) is 48.5 Å². The third-order valence-electron chi connectivity index (χ3n) is 3.09. The highest BCUT2D eigenvalue weighted by molar-refractivity contribution is 5.88. The van der Waals surface area contributed by atoms with Crippen molar-refractivity contribution in [1.29, 1.82) is 0 Å². The fourth-order valence-corrected chi connectivity index (χ4v) is 1.96. The number of hydrogen-bond acceptors (Lipinski definition) is 3. The Bertz CT molecular complexity index is 687. The maximum atomic E-state index is 12.5. The Morgan fingerprint density at radius 2 is 1.50 bits per heavy atom. The minimum atomic E-state index is -5.08. The van der Waals surface area contributed by atoms with Gasteiger partial charge in [0.25, 0.3) is 0 Å². The van der Waals surface area contributed by atoms with Gasteiger partial charge in [-0.2, -0.15) is 13.2 Å². The molecule has 0 aliphatic rings. The van der Waals surface area contributed by atoms with E-state index >= 15 is 0 Å². The lowest BCUT2D eigenvalue weighted by atomic mass is 10.1. The van der Waals surface area contributed by atoms with Gasteiger partial charge in [0.1, 0.15) is 11.8 Å². The average Bonchev–Trinajstić information content (AvgIpc) is 2.55. The lowest BCUT2D eigenvalue weighted by Crippen LogP contribution is -2.49. The average molecular weight is 337 g/mol. The summed E-state index contributed by atoms with van der Waals surface area (Å²) in [4.78, 5) is 23.4. The third kappa shape index (κ3) is 5.12. The summed E-state index contributed by atoms with van der Waals surface area (Å²) in [6, 6.07) is 14.8. The van der Waals surface area contributed by atoms with E-state index in [1.54, 1.807) is 53.8 Å². The van der Waals surface area contributed by atoms with Crippen molar-refractivity contribution in [3.8, 4) is 5.75 Å². The van der Waals surface area contributed by atoms with Gasteiger partial charge < -0.3 is 10.1 Å². The van der Waals surface area contributed by atoms with Crippen LogP contribution in [0.2, 0.25) is 0 Å². The van der Waals surface area contributed by atoms with Crippen LogP contribution in [0.1, 0.15) is 5.56 Å². The molecule has 126 valence electrons. The van der Waals surface area contributed by atoms with Crippen LogP contribution in [0, 0.1) is 0 Å². The number of alkyl halides is 3. The number of nitrogens with one attached hydrogen (secondary N) is 1. The molecular formula is C17H14F3NO3. The van der Waals surface area contributed by atoms with Gasteiger partial charge in [0.05, 0.1) is 0 Å². The molecule has 2 rings (SSSR count). The van der Waals surface area contributed by atoms with E-state index in [0.717, 1.165) is 0 Å². The first kappa shape index (κ1) is 17.5. The second-order valence-electron chi connectivity index (χ2n) is 4.95. The number of halogens is 3. The molecule has 0 unspecified atom stereocenters. The summed E-state index contributed by atoms with van der Waals surface area (Å²) in [6.07, 6.45) is -5.20. The first-order valence-electron chi connectivity index (χ1n) is 7.04. The maximum Gasteiger partial charge on any atom is 0.471 e. The van der Waals surface area contributed by atoms with Crippen LogP contribution < -0.4 is 10.1 Å². The molecule has 1 N–H and O–H groups in total. The molecule has 24 heavy (non-hydrogen) atoms. The molecule has 2 aromatic rings. The largest absolute Gasteiger partial charge is 0.471 e. The van der Waals surface area contributed by atoms with Crippen LogP contribution in [0.25, 0.3) is 0 Å². The van der Waals surface area contributed by atoms with Crippen LogP contribution in [-0.2, 0) is 16.0 Å². The van der Waals surface area contributed by atoms with E-state index in [1.165, 1.54) is 12.1 Å². The number of hydrogen-bond donors (Lipinski definition) is 1. The fourth-order valence-electron chi connectivity index (χ4n) is 1.96. The van der Waals surface area contributed by atoms with E-state index in [0.29, 0.717) is 5.56 Å². The number of amides is 1. The number of rotatable bonds is 5. The molecule has 0 aliphatic heterocycles. The number of benzene rings is 2. The molecule has 0 saturated carbocycles. The van der Waals surface area contributed by atoms with Crippen molar-refractivity contribution in [2.24, 2.45) is 0 Å². The topological polar surface area (TPSA) is 55.4 Å². The Morgan fingerprint density at radius 1 is 0.958 bits per heavy atom. The quantitative estimate of drug-likeness (QED) is 0.674. The van der Waals surface area contributed by atoms with Crippen molar-refractivity contribution in [3.05, 3.63) is 66.2 Å². The van der Waals surface area contributed by atoms with Gasteiger partial charge in [-0.3, -0.25) is 4.79 Å². The molecule has 1 atom stereocenters. The molecule has 0 bridgehead atoms. The first-order valence-corrected chi connectivity index (χ1v) is 7.04. The lowest BCUT2D eigenvalue weighted by molar-refractivity contribution is -0.175. The van der Waals surface area contributed by atoms with Gasteiger partial charge in [0, 0.05) is 6.42 Å². The molecule has 4 nitrogen and oxygen atoms in total. The van der Waals surface area contributed by atoms with Crippen LogP contribution in [0.3, 0.4) is 0 Å². The zero-order valence-electron chi connectivity index (χ0n) is 12.4. The Balaban J connectivity index is 2.15. The van der Waals surface area contributed by atoms with Crippen LogP contribution >= 0.6 is 0 Å². The first-order chi connectivity index (χ1) is 11.4. The van der Waals surface area contributed by atoms with Crippen LogP contribution in [0.5, 0.6) is 5.75 Å². The molecule has 2 aromatic carbocycles. The zero-order chi connectivity index (χ0) is 17.6. The zero-order valence-corrected chi connectivity index (χ0v) is 12.4. The summed E-state index contributed by atoms with van der Waals surface area (Å²) in [7, 11) is 0.